The molecule has 124 valence electrons. The van der Waals surface area contributed by atoms with Crippen molar-refractivity contribution >= 4 is 0 Å². The minimum absolute atomic E-state index is 0.00271. The van der Waals surface area contributed by atoms with Crippen molar-refractivity contribution < 1.29 is 19.3 Å². The second kappa shape index (κ2) is 5.25. The van der Waals surface area contributed by atoms with E-state index in [1.807, 2.05) is 12.1 Å². The first-order valence-electron chi connectivity index (χ1n) is 8.37. The lowest BCUT2D eigenvalue weighted by atomic mass is 9.56. The summed E-state index contributed by atoms with van der Waals surface area (Å²) in [5.74, 6) is 2.58. The summed E-state index contributed by atoms with van der Waals surface area (Å²) in [5, 5.41) is 10.1. The Morgan fingerprint density at radius 1 is 1.22 bits per heavy atom. The van der Waals surface area contributed by atoms with Crippen LogP contribution >= 0.6 is 0 Å². The second-order valence-corrected chi connectivity index (χ2v) is 7.25. The van der Waals surface area contributed by atoms with Gasteiger partial charge in [0.2, 0.25) is 6.79 Å². The number of allylic oxidation sites excluding steroid dienone is 1. The van der Waals surface area contributed by atoms with Gasteiger partial charge in [-0.2, -0.15) is 0 Å². The van der Waals surface area contributed by atoms with Crippen LogP contribution in [0.2, 0.25) is 0 Å². The molecule has 1 aromatic carbocycles. The standard InChI is InChI=1S/C19H24O4/c1-11-6-12(2)19(8-20)9-21-18(17(11)13(19)3)14-4-5-15-16(7-14)23-10-22-15/h4-7,12-13,17-18,20H,8-10H2,1-3H3/t12-,13-,17-,18-,19+/m0/s1. The molecule has 1 aromatic rings. The zero-order valence-corrected chi connectivity index (χ0v) is 13.9. The zero-order chi connectivity index (χ0) is 16.2. The predicted molar refractivity (Wildman–Crippen MR) is 86.4 cm³/mol. The van der Waals surface area contributed by atoms with E-state index in [9.17, 15) is 5.11 Å². The fourth-order valence-electron chi connectivity index (χ4n) is 4.68. The molecule has 0 unspecified atom stereocenters. The maximum absolute atomic E-state index is 10.1. The molecule has 2 aliphatic heterocycles. The summed E-state index contributed by atoms with van der Waals surface area (Å²) in [6.07, 6.45) is 2.33. The lowest BCUT2D eigenvalue weighted by Gasteiger charge is -2.55. The monoisotopic (exact) mass is 316 g/mol. The maximum Gasteiger partial charge on any atom is 0.231 e. The molecule has 2 heterocycles. The summed E-state index contributed by atoms with van der Waals surface area (Å²) in [7, 11) is 0. The first-order chi connectivity index (χ1) is 11.1. The molecule has 4 rings (SSSR count). The van der Waals surface area contributed by atoms with Crippen LogP contribution < -0.4 is 9.47 Å². The molecule has 1 aliphatic carbocycles. The number of ether oxygens (including phenoxy) is 3. The van der Waals surface area contributed by atoms with Gasteiger partial charge in [0.05, 0.1) is 19.3 Å². The molecule has 0 amide bonds. The summed E-state index contributed by atoms with van der Waals surface area (Å²) < 4.78 is 17.2. The van der Waals surface area contributed by atoms with E-state index in [2.05, 4.69) is 32.9 Å². The van der Waals surface area contributed by atoms with E-state index in [0.717, 1.165) is 17.1 Å². The Morgan fingerprint density at radius 2 is 2.00 bits per heavy atom. The average molecular weight is 316 g/mol. The molecule has 2 bridgehead atoms. The molecule has 1 saturated heterocycles. The van der Waals surface area contributed by atoms with Crippen LogP contribution in [-0.2, 0) is 4.74 Å². The summed E-state index contributed by atoms with van der Waals surface area (Å²) in [6, 6.07) is 6.07. The van der Waals surface area contributed by atoms with Crippen molar-refractivity contribution in [1.82, 2.24) is 0 Å². The van der Waals surface area contributed by atoms with Crippen LogP contribution in [0, 0.1) is 23.2 Å². The van der Waals surface area contributed by atoms with Gasteiger partial charge >= 0.3 is 0 Å². The van der Waals surface area contributed by atoms with Gasteiger partial charge < -0.3 is 19.3 Å². The molecular formula is C19H24O4. The van der Waals surface area contributed by atoms with Crippen molar-refractivity contribution in [3.63, 3.8) is 0 Å². The van der Waals surface area contributed by atoms with Crippen LogP contribution in [0.15, 0.2) is 29.8 Å². The van der Waals surface area contributed by atoms with E-state index in [0.29, 0.717) is 18.4 Å². The van der Waals surface area contributed by atoms with E-state index in [1.54, 1.807) is 0 Å². The molecule has 1 N–H and O–H groups in total. The third-order valence-corrected chi connectivity index (χ3v) is 6.27. The second-order valence-electron chi connectivity index (χ2n) is 7.25. The largest absolute Gasteiger partial charge is 0.454 e. The normalized spacial score (nSPS) is 38.3. The molecule has 0 radical (unpaired) electrons. The summed E-state index contributed by atoms with van der Waals surface area (Å²) in [4.78, 5) is 0. The number of rotatable bonds is 2. The van der Waals surface area contributed by atoms with Gasteiger partial charge in [-0.15, -0.1) is 0 Å². The van der Waals surface area contributed by atoms with Crippen LogP contribution in [-0.4, -0.2) is 25.1 Å². The Balaban J connectivity index is 1.73. The topological polar surface area (TPSA) is 47.9 Å². The van der Waals surface area contributed by atoms with Crippen LogP contribution in [0.4, 0.5) is 0 Å². The van der Waals surface area contributed by atoms with Gasteiger partial charge in [-0.25, -0.2) is 0 Å². The molecule has 0 saturated carbocycles. The first kappa shape index (κ1) is 15.0. The summed E-state index contributed by atoms with van der Waals surface area (Å²) in [5.41, 5.74) is 2.31. The van der Waals surface area contributed by atoms with E-state index in [4.69, 9.17) is 14.2 Å². The van der Waals surface area contributed by atoms with Crippen molar-refractivity contribution in [2.24, 2.45) is 23.2 Å². The number of fused-ring (bicyclic) bond motifs is 3. The minimum Gasteiger partial charge on any atom is -0.454 e. The average Bonchev–Trinajstić information content (AvgIpc) is 3.00. The number of aliphatic hydroxyl groups excluding tert-OH is 1. The van der Waals surface area contributed by atoms with Gasteiger partial charge in [0.1, 0.15) is 0 Å². The Bertz CT molecular complexity index is 653. The van der Waals surface area contributed by atoms with Crippen LogP contribution in [0.1, 0.15) is 32.4 Å². The Kier molecular flexibility index (Phi) is 3.43. The van der Waals surface area contributed by atoms with E-state index >= 15 is 0 Å². The third-order valence-electron chi connectivity index (χ3n) is 6.27. The maximum atomic E-state index is 10.1. The molecule has 4 heteroatoms. The molecule has 0 spiro atoms. The Morgan fingerprint density at radius 3 is 2.78 bits per heavy atom. The number of hydrogen-bond acceptors (Lipinski definition) is 4. The van der Waals surface area contributed by atoms with E-state index in [1.165, 1.54) is 5.57 Å². The molecular weight excluding hydrogens is 292 g/mol. The molecule has 1 fully saturated rings. The fourth-order valence-corrected chi connectivity index (χ4v) is 4.68. The van der Waals surface area contributed by atoms with Crippen LogP contribution in [0.25, 0.3) is 0 Å². The summed E-state index contributed by atoms with van der Waals surface area (Å²) >= 11 is 0. The highest BCUT2D eigenvalue weighted by Crippen LogP contribution is 2.56. The van der Waals surface area contributed by atoms with Crippen LogP contribution in [0.3, 0.4) is 0 Å². The minimum atomic E-state index is -0.170. The van der Waals surface area contributed by atoms with Crippen molar-refractivity contribution in [1.29, 1.82) is 0 Å². The number of benzene rings is 1. The lowest BCUT2D eigenvalue weighted by Crippen LogP contribution is -2.53. The summed E-state index contributed by atoms with van der Waals surface area (Å²) in [6.45, 7) is 7.68. The van der Waals surface area contributed by atoms with Gasteiger partial charge in [0.15, 0.2) is 11.5 Å². The van der Waals surface area contributed by atoms with E-state index in [-0.39, 0.29) is 30.8 Å². The fraction of sp³-hybridized carbons (Fsp3) is 0.579. The SMILES string of the molecule is CC1=C[C@H](C)[C@@]2(CO)CO[C@@H](c3ccc4c(c3)OCO4)[C@@H]1[C@@H]2C. The first-order valence-corrected chi connectivity index (χ1v) is 8.37. The quantitative estimate of drug-likeness (QED) is 0.850. The van der Waals surface area contributed by atoms with Gasteiger partial charge in [-0.05, 0) is 36.5 Å². The van der Waals surface area contributed by atoms with Crippen molar-refractivity contribution in [3.05, 3.63) is 35.4 Å². The van der Waals surface area contributed by atoms with Crippen LogP contribution in [0.5, 0.6) is 11.5 Å². The highest BCUT2D eigenvalue weighted by Gasteiger charge is 2.53. The molecule has 4 nitrogen and oxygen atoms in total. The number of aliphatic hydroxyl groups is 1. The van der Waals surface area contributed by atoms with Crippen molar-refractivity contribution in [2.75, 3.05) is 20.0 Å². The molecule has 5 atom stereocenters. The van der Waals surface area contributed by atoms with Gasteiger partial charge in [0.25, 0.3) is 0 Å². The van der Waals surface area contributed by atoms with Gasteiger partial charge in [-0.1, -0.05) is 31.6 Å². The zero-order valence-electron chi connectivity index (χ0n) is 13.9. The van der Waals surface area contributed by atoms with Crippen molar-refractivity contribution in [3.8, 4) is 11.5 Å². The van der Waals surface area contributed by atoms with Gasteiger partial charge in [-0.3, -0.25) is 0 Å². The molecule has 23 heavy (non-hydrogen) atoms. The highest BCUT2D eigenvalue weighted by molar-refractivity contribution is 5.45. The number of hydrogen-bond donors (Lipinski definition) is 1. The van der Waals surface area contributed by atoms with E-state index < -0.39 is 0 Å². The Hall–Kier alpha value is -1.52. The predicted octanol–water partition coefficient (Wildman–Crippen LogP) is 3.31. The lowest BCUT2D eigenvalue weighted by molar-refractivity contribution is -0.165. The smallest absolute Gasteiger partial charge is 0.231 e. The van der Waals surface area contributed by atoms with Gasteiger partial charge in [0, 0.05) is 11.3 Å². The highest BCUT2D eigenvalue weighted by atomic mass is 16.7. The third kappa shape index (κ3) is 2.05. The molecule has 0 aromatic heterocycles. The molecule has 3 aliphatic rings. The Labute approximate surface area is 137 Å². The van der Waals surface area contributed by atoms with Crippen molar-refractivity contribution in [2.45, 2.75) is 26.9 Å².